The molecule has 0 bridgehead atoms. The van der Waals surface area contributed by atoms with Crippen LogP contribution in [0.5, 0.6) is 5.75 Å². The highest BCUT2D eigenvalue weighted by Gasteiger charge is 2.11. The first-order valence-electron chi connectivity index (χ1n) is 7.67. The van der Waals surface area contributed by atoms with Gasteiger partial charge >= 0.3 is 0 Å². The number of likely N-dealkylation sites (tertiary alicyclic amines) is 1. The maximum absolute atomic E-state index is 6.13. The van der Waals surface area contributed by atoms with Gasteiger partial charge in [0.2, 0.25) is 0 Å². The SMILES string of the molecule is C=CCOc1ccccc1CN=C(N)N1CCCCCC1. The van der Waals surface area contributed by atoms with Crippen LogP contribution in [0.1, 0.15) is 31.2 Å². The Morgan fingerprint density at radius 1 is 1.24 bits per heavy atom. The minimum absolute atomic E-state index is 0.502. The normalized spacial score (nSPS) is 16.4. The van der Waals surface area contributed by atoms with Gasteiger partial charge in [-0.05, 0) is 18.9 Å². The number of benzene rings is 1. The van der Waals surface area contributed by atoms with E-state index in [9.17, 15) is 0 Å². The fourth-order valence-corrected chi connectivity index (χ4v) is 2.49. The standard InChI is InChI=1S/C17H25N3O/c1-2-13-21-16-10-6-5-9-15(16)14-19-17(18)20-11-7-3-4-8-12-20/h2,5-6,9-10H,1,3-4,7-8,11-14H2,(H2,18,19). The maximum atomic E-state index is 6.13. The summed E-state index contributed by atoms with van der Waals surface area (Å²) in [5.74, 6) is 1.50. The highest BCUT2D eigenvalue weighted by molar-refractivity contribution is 5.78. The number of nitrogens with zero attached hydrogens (tertiary/aromatic N) is 2. The topological polar surface area (TPSA) is 50.9 Å². The van der Waals surface area contributed by atoms with Crippen LogP contribution in [0.2, 0.25) is 0 Å². The number of aliphatic imine (C=N–C) groups is 1. The molecular weight excluding hydrogens is 262 g/mol. The average molecular weight is 287 g/mol. The fourth-order valence-electron chi connectivity index (χ4n) is 2.49. The molecule has 2 rings (SSSR count). The second-order valence-corrected chi connectivity index (χ2v) is 5.28. The molecule has 21 heavy (non-hydrogen) atoms. The average Bonchev–Trinajstić information content (AvgIpc) is 2.80. The first-order valence-corrected chi connectivity index (χ1v) is 7.67. The van der Waals surface area contributed by atoms with E-state index < -0.39 is 0 Å². The molecule has 114 valence electrons. The molecule has 0 saturated carbocycles. The molecule has 0 aromatic heterocycles. The quantitative estimate of drug-likeness (QED) is 0.514. The predicted molar refractivity (Wildman–Crippen MR) is 87.5 cm³/mol. The van der Waals surface area contributed by atoms with Crippen molar-refractivity contribution in [2.45, 2.75) is 32.2 Å². The van der Waals surface area contributed by atoms with Crippen molar-refractivity contribution in [2.75, 3.05) is 19.7 Å². The summed E-state index contributed by atoms with van der Waals surface area (Å²) in [6.45, 7) is 6.76. The van der Waals surface area contributed by atoms with Crippen molar-refractivity contribution in [3.8, 4) is 5.75 Å². The zero-order valence-corrected chi connectivity index (χ0v) is 12.6. The number of para-hydroxylation sites is 1. The Balaban J connectivity index is 2.00. The van der Waals surface area contributed by atoms with Crippen molar-refractivity contribution in [1.82, 2.24) is 4.90 Å². The molecular formula is C17H25N3O. The van der Waals surface area contributed by atoms with Gasteiger partial charge in [-0.1, -0.05) is 43.7 Å². The lowest BCUT2D eigenvalue weighted by molar-refractivity contribution is 0.359. The Bertz CT molecular complexity index is 477. The van der Waals surface area contributed by atoms with Crippen LogP contribution in [-0.2, 0) is 6.54 Å². The van der Waals surface area contributed by atoms with E-state index in [0.717, 1.165) is 24.4 Å². The summed E-state index contributed by atoms with van der Waals surface area (Å²) < 4.78 is 5.64. The highest BCUT2D eigenvalue weighted by atomic mass is 16.5. The maximum Gasteiger partial charge on any atom is 0.191 e. The zero-order chi connectivity index (χ0) is 14.9. The van der Waals surface area contributed by atoms with Crippen LogP contribution in [-0.4, -0.2) is 30.6 Å². The van der Waals surface area contributed by atoms with E-state index in [2.05, 4.69) is 16.5 Å². The largest absolute Gasteiger partial charge is 0.489 e. The molecule has 0 atom stereocenters. The lowest BCUT2D eigenvalue weighted by atomic mass is 10.2. The number of hydrogen-bond acceptors (Lipinski definition) is 2. The van der Waals surface area contributed by atoms with Gasteiger partial charge in [0.25, 0.3) is 0 Å². The van der Waals surface area contributed by atoms with Gasteiger partial charge in [0.1, 0.15) is 12.4 Å². The van der Waals surface area contributed by atoms with Gasteiger partial charge in [0.05, 0.1) is 6.54 Å². The van der Waals surface area contributed by atoms with Gasteiger partial charge in [-0.15, -0.1) is 0 Å². The summed E-state index contributed by atoms with van der Waals surface area (Å²) in [6, 6.07) is 7.94. The molecule has 1 heterocycles. The Kier molecular flexibility index (Phi) is 6.13. The molecule has 0 amide bonds. The van der Waals surface area contributed by atoms with Crippen LogP contribution in [0.4, 0.5) is 0 Å². The molecule has 0 aliphatic carbocycles. The van der Waals surface area contributed by atoms with Crippen molar-refractivity contribution >= 4 is 5.96 Å². The van der Waals surface area contributed by atoms with Crippen molar-refractivity contribution in [2.24, 2.45) is 10.7 Å². The summed E-state index contributed by atoms with van der Waals surface area (Å²) >= 11 is 0. The lowest BCUT2D eigenvalue weighted by Crippen LogP contribution is -2.38. The Labute approximate surface area is 127 Å². The van der Waals surface area contributed by atoms with Crippen molar-refractivity contribution < 1.29 is 4.74 Å². The lowest BCUT2D eigenvalue weighted by Gasteiger charge is -2.21. The summed E-state index contributed by atoms with van der Waals surface area (Å²) in [7, 11) is 0. The number of guanidine groups is 1. The third-order valence-electron chi connectivity index (χ3n) is 3.67. The molecule has 4 nitrogen and oxygen atoms in total. The number of ether oxygens (including phenoxy) is 1. The third-order valence-corrected chi connectivity index (χ3v) is 3.67. The van der Waals surface area contributed by atoms with E-state index in [0.29, 0.717) is 19.1 Å². The van der Waals surface area contributed by atoms with Gasteiger partial charge in [-0.2, -0.15) is 0 Å². The molecule has 1 saturated heterocycles. The second kappa shape index (κ2) is 8.35. The van der Waals surface area contributed by atoms with Gasteiger partial charge in [-0.25, -0.2) is 4.99 Å². The summed E-state index contributed by atoms with van der Waals surface area (Å²) in [5, 5.41) is 0. The van der Waals surface area contributed by atoms with Gasteiger partial charge in [0.15, 0.2) is 5.96 Å². The van der Waals surface area contributed by atoms with Crippen LogP contribution < -0.4 is 10.5 Å². The number of rotatable bonds is 5. The minimum Gasteiger partial charge on any atom is -0.489 e. The molecule has 1 aromatic carbocycles. The van der Waals surface area contributed by atoms with Crippen LogP contribution in [0.25, 0.3) is 0 Å². The van der Waals surface area contributed by atoms with E-state index in [1.54, 1.807) is 6.08 Å². The van der Waals surface area contributed by atoms with E-state index in [-0.39, 0.29) is 0 Å². The Morgan fingerprint density at radius 3 is 2.67 bits per heavy atom. The summed E-state index contributed by atoms with van der Waals surface area (Å²) in [5.41, 5.74) is 7.19. The fraction of sp³-hybridized carbons (Fsp3) is 0.471. The van der Waals surface area contributed by atoms with Crippen molar-refractivity contribution in [3.05, 3.63) is 42.5 Å². The van der Waals surface area contributed by atoms with Crippen LogP contribution in [0, 0.1) is 0 Å². The first kappa shape index (κ1) is 15.4. The van der Waals surface area contributed by atoms with Crippen molar-refractivity contribution in [3.63, 3.8) is 0 Å². The molecule has 1 aliphatic heterocycles. The van der Waals surface area contributed by atoms with Crippen LogP contribution in [0.15, 0.2) is 41.9 Å². The third kappa shape index (κ3) is 4.81. The highest BCUT2D eigenvalue weighted by Crippen LogP contribution is 2.19. The molecule has 4 heteroatoms. The molecule has 2 N–H and O–H groups in total. The van der Waals surface area contributed by atoms with Crippen molar-refractivity contribution in [1.29, 1.82) is 0 Å². The molecule has 0 radical (unpaired) electrons. The van der Waals surface area contributed by atoms with E-state index >= 15 is 0 Å². The number of nitrogens with two attached hydrogens (primary N) is 1. The predicted octanol–water partition coefficient (Wildman–Crippen LogP) is 2.94. The van der Waals surface area contributed by atoms with Crippen LogP contribution >= 0.6 is 0 Å². The zero-order valence-electron chi connectivity index (χ0n) is 12.6. The molecule has 1 aliphatic rings. The molecule has 0 unspecified atom stereocenters. The molecule has 1 fully saturated rings. The van der Waals surface area contributed by atoms with E-state index in [1.807, 2.05) is 24.3 Å². The van der Waals surface area contributed by atoms with E-state index in [1.165, 1.54) is 25.7 Å². The van der Waals surface area contributed by atoms with Gasteiger partial charge < -0.3 is 15.4 Å². The molecule has 0 spiro atoms. The summed E-state index contributed by atoms with van der Waals surface area (Å²) in [6.07, 6.45) is 6.74. The Morgan fingerprint density at radius 2 is 1.95 bits per heavy atom. The number of hydrogen-bond donors (Lipinski definition) is 1. The van der Waals surface area contributed by atoms with Gasteiger partial charge in [-0.3, -0.25) is 0 Å². The second-order valence-electron chi connectivity index (χ2n) is 5.28. The molecule has 1 aromatic rings. The van der Waals surface area contributed by atoms with Gasteiger partial charge in [0, 0.05) is 18.7 Å². The summed E-state index contributed by atoms with van der Waals surface area (Å²) in [4.78, 5) is 6.74. The van der Waals surface area contributed by atoms with E-state index in [4.69, 9.17) is 10.5 Å². The Hall–Kier alpha value is -1.97. The monoisotopic (exact) mass is 287 g/mol. The first-order chi connectivity index (χ1) is 10.3. The van der Waals surface area contributed by atoms with Crippen LogP contribution in [0.3, 0.4) is 0 Å². The minimum atomic E-state index is 0.502. The smallest absolute Gasteiger partial charge is 0.191 e.